The molecule has 0 saturated carbocycles. The molecule has 0 spiro atoms. The smallest absolute Gasteiger partial charge is 0.257 e. The zero-order valence-corrected chi connectivity index (χ0v) is 12.8. The fourth-order valence-corrected chi connectivity index (χ4v) is 3.61. The van der Waals surface area contributed by atoms with E-state index in [1.54, 1.807) is 0 Å². The molecule has 1 aliphatic carbocycles. The molecule has 22 heavy (non-hydrogen) atoms. The van der Waals surface area contributed by atoms with Gasteiger partial charge in [-0.05, 0) is 43.9 Å². The third-order valence-electron chi connectivity index (χ3n) is 3.75. The van der Waals surface area contributed by atoms with E-state index in [-0.39, 0.29) is 5.56 Å². The lowest BCUT2D eigenvalue weighted by Gasteiger charge is -2.06. The van der Waals surface area contributed by atoms with Crippen molar-refractivity contribution >= 4 is 22.4 Å². The lowest BCUT2D eigenvalue weighted by atomic mass is 10.0. The van der Waals surface area contributed by atoms with E-state index in [2.05, 4.69) is 10.3 Å². The van der Waals surface area contributed by atoms with Crippen LogP contribution in [0.15, 0.2) is 18.2 Å². The van der Waals surface area contributed by atoms with Crippen molar-refractivity contribution in [2.45, 2.75) is 38.5 Å². The number of hydrogen-bond acceptors (Lipinski definition) is 3. The number of nitrogens with zero attached hydrogens (tertiary/aromatic N) is 1. The summed E-state index contributed by atoms with van der Waals surface area (Å²) in [6.45, 7) is 0. The van der Waals surface area contributed by atoms with Gasteiger partial charge in [0.25, 0.3) is 5.91 Å². The number of anilines is 1. The largest absolute Gasteiger partial charge is 0.298 e. The minimum absolute atomic E-state index is 0.0847. The first-order chi connectivity index (χ1) is 10.6. The Balaban J connectivity index is 1.76. The van der Waals surface area contributed by atoms with Crippen LogP contribution in [0.1, 0.15) is 46.6 Å². The van der Waals surface area contributed by atoms with Gasteiger partial charge in [-0.1, -0.05) is 12.8 Å². The quantitative estimate of drug-likeness (QED) is 0.894. The highest BCUT2D eigenvalue weighted by atomic mass is 32.1. The van der Waals surface area contributed by atoms with Gasteiger partial charge in [0.1, 0.15) is 0 Å². The first-order valence-electron chi connectivity index (χ1n) is 7.38. The Hall–Kier alpha value is -1.82. The van der Waals surface area contributed by atoms with Crippen LogP contribution in [0.4, 0.5) is 13.9 Å². The van der Waals surface area contributed by atoms with Crippen molar-refractivity contribution in [2.24, 2.45) is 0 Å². The molecule has 0 unspecified atom stereocenters. The van der Waals surface area contributed by atoms with Crippen molar-refractivity contribution in [3.8, 4) is 0 Å². The fourth-order valence-electron chi connectivity index (χ4n) is 2.57. The van der Waals surface area contributed by atoms with Gasteiger partial charge >= 0.3 is 0 Å². The van der Waals surface area contributed by atoms with Crippen LogP contribution in [-0.2, 0) is 12.8 Å². The molecular formula is C16H16F2N2OS. The molecule has 2 aromatic rings. The highest BCUT2D eigenvalue weighted by Gasteiger charge is 2.16. The Morgan fingerprint density at radius 1 is 1.09 bits per heavy atom. The topological polar surface area (TPSA) is 42.0 Å². The van der Waals surface area contributed by atoms with Crippen LogP contribution >= 0.6 is 11.3 Å². The molecule has 1 heterocycles. The summed E-state index contributed by atoms with van der Waals surface area (Å²) in [7, 11) is 0. The van der Waals surface area contributed by atoms with Crippen molar-refractivity contribution in [3.05, 3.63) is 46.0 Å². The number of nitrogens with one attached hydrogen (secondary N) is 1. The average Bonchev–Trinajstić information content (AvgIpc) is 2.83. The van der Waals surface area contributed by atoms with Crippen molar-refractivity contribution in [1.29, 1.82) is 0 Å². The molecule has 3 nitrogen and oxygen atoms in total. The summed E-state index contributed by atoms with van der Waals surface area (Å²) in [6, 6.07) is 3.11. The summed E-state index contributed by atoms with van der Waals surface area (Å²) in [5, 5.41) is 3.21. The van der Waals surface area contributed by atoms with Gasteiger partial charge in [-0.2, -0.15) is 0 Å². The van der Waals surface area contributed by atoms with E-state index in [1.165, 1.54) is 35.1 Å². The van der Waals surface area contributed by atoms with Crippen molar-refractivity contribution in [1.82, 2.24) is 4.98 Å². The van der Waals surface area contributed by atoms with Gasteiger partial charge in [-0.15, -0.1) is 11.3 Å². The zero-order chi connectivity index (χ0) is 15.5. The number of aryl methyl sites for hydroxylation is 2. The van der Waals surface area contributed by atoms with Crippen LogP contribution in [0.25, 0.3) is 0 Å². The van der Waals surface area contributed by atoms with E-state index in [0.717, 1.165) is 43.5 Å². The number of carbonyl (C=O) groups excluding carboxylic acids is 1. The minimum atomic E-state index is -1.03. The molecule has 0 bridgehead atoms. The number of carbonyl (C=O) groups is 1. The lowest BCUT2D eigenvalue weighted by molar-refractivity contribution is 0.102. The Morgan fingerprint density at radius 3 is 2.64 bits per heavy atom. The predicted molar refractivity (Wildman–Crippen MR) is 82.3 cm³/mol. The zero-order valence-electron chi connectivity index (χ0n) is 12.0. The third kappa shape index (κ3) is 3.32. The Labute approximate surface area is 131 Å². The third-order valence-corrected chi connectivity index (χ3v) is 4.82. The first-order valence-corrected chi connectivity index (χ1v) is 8.20. The summed E-state index contributed by atoms with van der Waals surface area (Å²) in [6.07, 6.45) is 6.64. The summed E-state index contributed by atoms with van der Waals surface area (Å²) < 4.78 is 26.1. The number of fused-ring (bicyclic) bond motifs is 1. The number of thiazole rings is 1. The van der Waals surface area contributed by atoms with Gasteiger partial charge < -0.3 is 0 Å². The molecule has 0 atom stereocenters. The first kappa shape index (κ1) is 15.1. The monoisotopic (exact) mass is 322 g/mol. The van der Waals surface area contributed by atoms with Gasteiger partial charge in [0, 0.05) is 10.4 Å². The molecule has 0 radical (unpaired) electrons. The molecule has 1 aromatic carbocycles. The van der Waals surface area contributed by atoms with Gasteiger partial charge in [-0.25, -0.2) is 13.8 Å². The van der Waals surface area contributed by atoms with Crippen LogP contribution in [0, 0.1) is 11.6 Å². The number of rotatable bonds is 2. The Kier molecular flexibility index (Phi) is 4.47. The maximum atomic E-state index is 13.2. The Morgan fingerprint density at radius 2 is 1.86 bits per heavy atom. The number of halogens is 2. The SMILES string of the molecule is O=C(Nc1nc2c(s1)CCCCCC2)c1ccc(F)c(F)c1. The Bertz CT molecular complexity index is 674. The predicted octanol–water partition coefficient (Wildman–Crippen LogP) is 4.33. The summed E-state index contributed by atoms with van der Waals surface area (Å²) in [5.41, 5.74) is 1.15. The highest BCUT2D eigenvalue weighted by Crippen LogP contribution is 2.28. The van der Waals surface area contributed by atoms with Gasteiger partial charge in [0.05, 0.1) is 5.69 Å². The van der Waals surface area contributed by atoms with E-state index < -0.39 is 17.5 Å². The molecule has 3 rings (SSSR count). The lowest BCUT2D eigenvalue weighted by Crippen LogP contribution is -2.12. The number of benzene rings is 1. The van der Waals surface area contributed by atoms with Crippen LogP contribution in [-0.4, -0.2) is 10.9 Å². The molecule has 1 amide bonds. The number of aromatic nitrogens is 1. The molecule has 116 valence electrons. The van der Waals surface area contributed by atoms with E-state index in [9.17, 15) is 13.6 Å². The molecule has 1 aliphatic rings. The summed E-state index contributed by atoms with van der Waals surface area (Å²) in [5.74, 6) is -2.46. The second-order valence-corrected chi connectivity index (χ2v) is 6.47. The van der Waals surface area contributed by atoms with Gasteiger partial charge in [0.2, 0.25) is 0 Å². The summed E-state index contributed by atoms with van der Waals surface area (Å²) >= 11 is 1.48. The van der Waals surface area contributed by atoms with Crippen LogP contribution < -0.4 is 5.32 Å². The second kappa shape index (κ2) is 6.52. The van der Waals surface area contributed by atoms with E-state index in [0.29, 0.717) is 5.13 Å². The van der Waals surface area contributed by atoms with Crippen molar-refractivity contribution in [3.63, 3.8) is 0 Å². The van der Waals surface area contributed by atoms with Crippen molar-refractivity contribution < 1.29 is 13.6 Å². The molecule has 0 aliphatic heterocycles. The molecular weight excluding hydrogens is 306 g/mol. The molecule has 6 heteroatoms. The van der Waals surface area contributed by atoms with E-state index in [4.69, 9.17) is 0 Å². The van der Waals surface area contributed by atoms with E-state index in [1.807, 2.05) is 0 Å². The fraction of sp³-hybridized carbons (Fsp3) is 0.375. The minimum Gasteiger partial charge on any atom is -0.298 e. The molecule has 1 N–H and O–H groups in total. The van der Waals surface area contributed by atoms with Gasteiger partial charge in [-0.3, -0.25) is 10.1 Å². The summed E-state index contributed by atoms with van der Waals surface area (Å²) in [4.78, 5) is 17.8. The number of hydrogen-bond donors (Lipinski definition) is 1. The maximum absolute atomic E-state index is 13.2. The molecule has 1 aromatic heterocycles. The van der Waals surface area contributed by atoms with Crippen LogP contribution in [0.3, 0.4) is 0 Å². The van der Waals surface area contributed by atoms with Gasteiger partial charge in [0.15, 0.2) is 16.8 Å². The van der Waals surface area contributed by atoms with Crippen LogP contribution in [0.2, 0.25) is 0 Å². The highest BCUT2D eigenvalue weighted by molar-refractivity contribution is 7.15. The maximum Gasteiger partial charge on any atom is 0.257 e. The molecule has 0 saturated heterocycles. The number of amides is 1. The standard InChI is InChI=1S/C16H16F2N2OS/c17-11-8-7-10(9-12(11)18)15(21)20-16-19-13-5-3-1-2-4-6-14(13)22-16/h7-9H,1-6H2,(H,19,20,21). The second-order valence-electron chi connectivity index (χ2n) is 5.39. The van der Waals surface area contributed by atoms with Crippen LogP contribution in [0.5, 0.6) is 0 Å². The molecule has 0 fully saturated rings. The average molecular weight is 322 g/mol. The van der Waals surface area contributed by atoms with Crippen molar-refractivity contribution in [2.75, 3.05) is 5.32 Å². The van der Waals surface area contributed by atoms with E-state index >= 15 is 0 Å². The normalized spacial score (nSPS) is 14.8.